The summed E-state index contributed by atoms with van der Waals surface area (Å²) in [4.78, 5) is 12.1. The van der Waals surface area contributed by atoms with Crippen molar-refractivity contribution >= 4 is 6.09 Å². The van der Waals surface area contributed by atoms with Gasteiger partial charge in [-0.2, -0.15) is 0 Å². The van der Waals surface area contributed by atoms with Crippen molar-refractivity contribution in [1.29, 1.82) is 0 Å². The lowest BCUT2D eigenvalue weighted by Crippen LogP contribution is -2.64. The normalized spacial score (nSPS) is 39.0. The first-order chi connectivity index (χ1) is 10.5. The third kappa shape index (κ3) is 3.58. The molecule has 4 saturated carbocycles. The van der Waals surface area contributed by atoms with Crippen LogP contribution in [0.15, 0.2) is 0 Å². The molecule has 4 nitrogen and oxygen atoms in total. The summed E-state index contributed by atoms with van der Waals surface area (Å²) in [5, 5.41) is 2.95. The molecule has 2 atom stereocenters. The summed E-state index contributed by atoms with van der Waals surface area (Å²) >= 11 is 0. The zero-order valence-electron chi connectivity index (χ0n) is 14.0. The second-order valence-electron chi connectivity index (χ2n) is 8.24. The van der Waals surface area contributed by atoms with Crippen molar-refractivity contribution in [3.05, 3.63) is 0 Å². The van der Waals surface area contributed by atoms with Crippen molar-refractivity contribution < 1.29 is 9.53 Å². The van der Waals surface area contributed by atoms with Gasteiger partial charge in [0.25, 0.3) is 0 Å². The molecule has 4 heteroatoms. The lowest BCUT2D eigenvalue weighted by atomic mass is 9.51. The number of alkyl carbamates (subject to hydrolysis) is 1. The van der Waals surface area contributed by atoms with Crippen LogP contribution >= 0.6 is 0 Å². The fourth-order valence-corrected chi connectivity index (χ4v) is 5.52. The lowest BCUT2D eigenvalue weighted by molar-refractivity contribution is -0.135. The van der Waals surface area contributed by atoms with Gasteiger partial charge < -0.3 is 15.8 Å². The molecule has 0 aromatic rings. The van der Waals surface area contributed by atoms with Crippen LogP contribution in [0.2, 0.25) is 0 Å². The van der Waals surface area contributed by atoms with Crippen molar-refractivity contribution in [3.8, 4) is 0 Å². The van der Waals surface area contributed by atoms with Crippen LogP contribution in [0.5, 0.6) is 0 Å². The first kappa shape index (κ1) is 16.1. The van der Waals surface area contributed by atoms with Gasteiger partial charge in [0.2, 0.25) is 0 Å². The molecule has 126 valence electrons. The molecule has 2 unspecified atom stereocenters. The predicted molar refractivity (Wildman–Crippen MR) is 87.6 cm³/mol. The predicted octanol–water partition coefficient (Wildman–Crippen LogP) is 3.73. The van der Waals surface area contributed by atoms with Gasteiger partial charge in [0.1, 0.15) is 5.60 Å². The number of rotatable bonds is 7. The Morgan fingerprint density at radius 2 is 1.82 bits per heavy atom. The van der Waals surface area contributed by atoms with E-state index < -0.39 is 0 Å². The Hall–Kier alpha value is -0.770. The van der Waals surface area contributed by atoms with Crippen molar-refractivity contribution in [1.82, 2.24) is 5.32 Å². The molecular weight excluding hydrogens is 276 g/mol. The molecule has 3 N–H and O–H groups in total. The standard InChI is InChI=1S/C18H32N2O2/c1-2-3-4-5-6-7-20-16(21)22-18-11-14-8-15(12-18)10-17(19,9-14)13-18/h14-15H,2-13,19H2,1H3,(H,20,21). The molecule has 4 rings (SSSR count). The molecular formula is C18H32N2O2. The van der Waals surface area contributed by atoms with E-state index in [4.69, 9.17) is 10.5 Å². The van der Waals surface area contributed by atoms with Crippen LogP contribution in [-0.4, -0.2) is 23.8 Å². The number of carbonyl (C=O) groups excluding carboxylic acids is 1. The van der Waals surface area contributed by atoms with Crippen LogP contribution in [0.4, 0.5) is 4.79 Å². The zero-order chi connectivity index (χ0) is 15.6. The van der Waals surface area contributed by atoms with E-state index in [0.717, 1.165) is 45.1 Å². The monoisotopic (exact) mass is 308 g/mol. The fraction of sp³-hybridized carbons (Fsp3) is 0.944. The molecule has 4 aliphatic rings. The highest BCUT2D eigenvalue weighted by atomic mass is 16.6. The molecule has 4 fully saturated rings. The SMILES string of the molecule is CCCCCCCNC(=O)OC12CC3CC(CC(N)(C3)C1)C2. The summed E-state index contributed by atoms with van der Waals surface area (Å²) in [5.74, 6) is 1.35. The molecule has 0 aliphatic heterocycles. The Morgan fingerprint density at radius 1 is 1.14 bits per heavy atom. The first-order valence-electron chi connectivity index (χ1n) is 9.28. The Balaban J connectivity index is 1.43. The van der Waals surface area contributed by atoms with E-state index in [1.165, 1.54) is 32.1 Å². The minimum absolute atomic E-state index is 0.0650. The van der Waals surface area contributed by atoms with Crippen LogP contribution in [0.25, 0.3) is 0 Å². The smallest absolute Gasteiger partial charge is 0.407 e. The van der Waals surface area contributed by atoms with Gasteiger partial charge in [0.15, 0.2) is 0 Å². The number of amides is 1. The van der Waals surface area contributed by atoms with Gasteiger partial charge in [-0.05, 0) is 50.4 Å². The maximum absolute atomic E-state index is 12.1. The van der Waals surface area contributed by atoms with Crippen LogP contribution < -0.4 is 11.1 Å². The first-order valence-corrected chi connectivity index (χ1v) is 9.28. The molecule has 22 heavy (non-hydrogen) atoms. The number of hydrogen-bond acceptors (Lipinski definition) is 3. The van der Waals surface area contributed by atoms with Crippen LogP contribution in [0, 0.1) is 11.8 Å². The van der Waals surface area contributed by atoms with Crippen LogP contribution in [0.3, 0.4) is 0 Å². The Bertz CT molecular complexity index is 396. The highest BCUT2D eigenvalue weighted by molar-refractivity contribution is 5.67. The van der Waals surface area contributed by atoms with Crippen molar-refractivity contribution in [2.24, 2.45) is 17.6 Å². The Labute approximate surface area is 134 Å². The number of unbranched alkanes of at least 4 members (excludes halogenated alkanes) is 4. The average molecular weight is 308 g/mol. The Morgan fingerprint density at radius 3 is 2.45 bits per heavy atom. The van der Waals surface area contributed by atoms with E-state index in [1.54, 1.807) is 0 Å². The molecule has 4 bridgehead atoms. The number of nitrogens with one attached hydrogen (secondary N) is 1. The molecule has 0 heterocycles. The summed E-state index contributed by atoms with van der Waals surface area (Å²) in [6.07, 6.45) is 12.3. The molecule has 0 saturated heterocycles. The molecule has 4 aliphatic carbocycles. The number of ether oxygens (including phenoxy) is 1. The van der Waals surface area contributed by atoms with Gasteiger partial charge in [-0.3, -0.25) is 0 Å². The summed E-state index contributed by atoms with van der Waals surface area (Å²) in [6, 6.07) is 0. The lowest BCUT2D eigenvalue weighted by Gasteiger charge is -2.59. The quantitative estimate of drug-likeness (QED) is 0.704. The van der Waals surface area contributed by atoms with E-state index in [1.807, 2.05) is 0 Å². The van der Waals surface area contributed by atoms with Crippen molar-refractivity contribution in [3.63, 3.8) is 0 Å². The number of carbonyl (C=O) groups is 1. The second-order valence-corrected chi connectivity index (χ2v) is 8.24. The van der Waals surface area contributed by atoms with Gasteiger partial charge in [-0.25, -0.2) is 4.79 Å². The molecule has 0 aromatic heterocycles. The molecule has 0 aromatic carbocycles. The van der Waals surface area contributed by atoms with Gasteiger partial charge in [0, 0.05) is 18.5 Å². The van der Waals surface area contributed by atoms with Gasteiger partial charge in [-0.15, -0.1) is 0 Å². The summed E-state index contributed by atoms with van der Waals surface area (Å²) < 4.78 is 5.91. The fourth-order valence-electron chi connectivity index (χ4n) is 5.52. The number of nitrogens with two attached hydrogens (primary N) is 1. The minimum atomic E-state index is -0.259. The summed E-state index contributed by atoms with van der Waals surface area (Å²) in [7, 11) is 0. The molecule has 0 radical (unpaired) electrons. The molecule has 0 spiro atoms. The minimum Gasteiger partial charge on any atom is -0.443 e. The van der Waals surface area contributed by atoms with Crippen LogP contribution in [0.1, 0.15) is 77.6 Å². The largest absolute Gasteiger partial charge is 0.443 e. The van der Waals surface area contributed by atoms with E-state index in [0.29, 0.717) is 11.8 Å². The van der Waals surface area contributed by atoms with Gasteiger partial charge in [0.05, 0.1) is 0 Å². The summed E-state index contributed by atoms with van der Waals surface area (Å²) in [5.41, 5.74) is 6.21. The van der Waals surface area contributed by atoms with E-state index in [-0.39, 0.29) is 17.2 Å². The highest BCUT2D eigenvalue weighted by Crippen LogP contribution is 2.57. The van der Waals surface area contributed by atoms with Crippen molar-refractivity contribution in [2.75, 3.05) is 6.54 Å². The third-order valence-corrected chi connectivity index (χ3v) is 5.91. The maximum atomic E-state index is 12.1. The topological polar surface area (TPSA) is 64.3 Å². The van der Waals surface area contributed by atoms with Crippen molar-refractivity contribution in [2.45, 2.75) is 88.7 Å². The third-order valence-electron chi connectivity index (χ3n) is 5.91. The zero-order valence-corrected chi connectivity index (χ0v) is 14.0. The Kier molecular flexibility index (Phi) is 4.67. The van der Waals surface area contributed by atoms with E-state index >= 15 is 0 Å². The maximum Gasteiger partial charge on any atom is 0.407 e. The highest BCUT2D eigenvalue weighted by Gasteiger charge is 2.58. The van der Waals surface area contributed by atoms with E-state index in [9.17, 15) is 4.79 Å². The number of hydrogen-bond donors (Lipinski definition) is 2. The summed E-state index contributed by atoms with van der Waals surface area (Å²) in [6.45, 7) is 2.95. The van der Waals surface area contributed by atoms with E-state index in [2.05, 4.69) is 12.2 Å². The van der Waals surface area contributed by atoms with Gasteiger partial charge >= 0.3 is 6.09 Å². The van der Waals surface area contributed by atoms with Gasteiger partial charge in [-0.1, -0.05) is 32.6 Å². The van der Waals surface area contributed by atoms with Crippen LogP contribution in [-0.2, 0) is 4.74 Å². The second kappa shape index (κ2) is 6.38. The molecule has 1 amide bonds. The average Bonchev–Trinajstić information content (AvgIpc) is 2.39.